The summed E-state index contributed by atoms with van der Waals surface area (Å²) >= 11 is 0. The van der Waals surface area contributed by atoms with Crippen molar-refractivity contribution in [3.63, 3.8) is 0 Å². The van der Waals surface area contributed by atoms with Crippen molar-refractivity contribution in [3.8, 4) is 0 Å². The van der Waals surface area contributed by atoms with E-state index in [4.69, 9.17) is 4.74 Å². The molecule has 1 rings (SSSR count). The molecule has 1 N–H and O–H groups in total. The molecule has 1 aromatic rings. The average molecular weight is 250 g/mol. The Bertz CT molecular complexity index is 335. The van der Waals surface area contributed by atoms with E-state index in [0.29, 0.717) is 0 Å². The molecule has 0 saturated carbocycles. The second-order valence-corrected chi connectivity index (χ2v) is 5.94. The van der Waals surface area contributed by atoms with Crippen molar-refractivity contribution in [2.75, 3.05) is 13.7 Å². The molecule has 102 valence electrons. The van der Waals surface area contributed by atoms with Crippen LogP contribution in [-0.2, 0) is 16.6 Å². The van der Waals surface area contributed by atoms with Crippen LogP contribution in [0.3, 0.4) is 0 Å². The maximum Gasteiger partial charge on any atom is 0.0581 e. The van der Waals surface area contributed by atoms with Crippen LogP contribution in [0, 0.1) is 0 Å². The molecule has 1 aromatic carbocycles. The van der Waals surface area contributed by atoms with Crippen molar-refractivity contribution in [1.29, 1.82) is 0 Å². The van der Waals surface area contributed by atoms with E-state index >= 15 is 0 Å². The first-order chi connectivity index (χ1) is 8.43. The van der Waals surface area contributed by atoms with Crippen LogP contribution in [0.4, 0.5) is 0 Å². The molecule has 0 aliphatic rings. The number of ether oxygens (including phenoxy) is 1. The fraction of sp³-hybridized carbons (Fsp3) is 0.625. The molecule has 0 amide bonds. The minimum absolute atomic E-state index is 0.190. The Morgan fingerprint density at radius 1 is 1.17 bits per heavy atom. The van der Waals surface area contributed by atoms with Crippen LogP contribution in [0.1, 0.15) is 44.7 Å². The zero-order chi connectivity index (χ0) is 13.6. The quantitative estimate of drug-likeness (QED) is 0.785. The van der Waals surface area contributed by atoms with Crippen LogP contribution in [0.5, 0.6) is 0 Å². The zero-order valence-corrected chi connectivity index (χ0v) is 12.1. The fourth-order valence-electron chi connectivity index (χ4n) is 1.98. The van der Waals surface area contributed by atoms with Gasteiger partial charge in [-0.2, -0.15) is 0 Å². The standard InChI is InChI=1S/C16H26O2/c1-16(2,3)14-9-7-13(8-10-14)12-15(17)6-5-11-18-4/h7-10,15,17H,5-6,11-12H2,1-4H3. The molecular weight excluding hydrogens is 224 g/mol. The van der Waals surface area contributed by atoms with Crippen LogP contribution in [0.15, 0.2) is 24.3 Å². The van der Waals surface area contributed by atoms with E-state index in [-0.39, 0.29) is 11.5 Å². The van der Waals surface area contributed by atoms with E-state index in [2.05, 4.69) is 45.0 Å². The summed E-state index contributed by atoms with van der Waals surface area (Å²) < 4.78 is 4.98. The molecule has 0 radical (unpaired) electrons. The van der Waals surface area contributed by atoms with Crippen LogP contribution < -0.4 is 0 Å². The van der Waals surface area contributed by atoms with Crippen molar-refractivity contribution in [2.45, 2.75) is 51.6 Å². The third-order valence-corrected chi connectivity index (χ3v) is 3.18. The Balaban J connectivity index is 2.48. The van der Waals surface area contributed by atoms with Gasteiger partial charge in [0.2, 0.25) is 0 Å². The van der Waals surface area contributed by atoms with Gasteiger partial charge in [-0.1, -0.05) is 45.0 Å². The van der Waals surface area contributed by atoms with Gasteiger partial charge in [0.25, 0.3) is 0 Å². The van der Waals surface area contributed by atoms with E-state index in [1.165, 1.54) is 11.1 Å². The maximum absolute atomic E-state index is 9.90. The van der Waals surface area contributed by atoms with Gasteiger partial charge >= 0.3 is 0 Å². The summed E-state index contributed by atoms with van der Waals surface area (Å²) in [5, 5.41) is 9.90. The van der Waals surface area contributed by atoms with Gasteiger partial charge in [0.05, 0.1) is 6.10 Å². The molecule has 2 heteroatoms. The largest absolute Gasteiger partial charge is 0.393 e. The molecule has 0 aliphatic heterocycles. The van der Waals surface area contributed by atoms with Crippen molar-refractivity contribution >= 4 is 0 Å². The van der Waals surface area contributed by atoms with Gasteiger partial charge in [0, 0.05) is 13.7 Å². The second kappa shape index (κ2) is 6.91. The van der Waals surface area contributed by atoms with Crippen LogP contribution in [0.25, 0.3) is 0 Å². The van der Waals surface area contributed by atoms with E-state index in [9.17, 15) is 5.11 Å². The lowest BCUT2D eigenvalue weighted by atomic mass is 9.86. The van der Waals surface area contributed by atoms with E-state index in [1.54, 1.807) is 7.11 Å². The summed E-state index contributed by atoms with van der Waals surface area (Å²) in [4.78, 5) is 0. The van der Waals surface area contributed by atoms with Gasteiger partial charge in [-0.15, -0.1) is 0 Å². The Morgan fingerprint density at radius 2 is 1.78 bits per heavy atom. The lowest BCUT2D eigenvalue weighted by Gasteiger charge is -2.19. The van der Waals surface area contributed by atoms with Crippen molar-refractivity contribution in [1.82, 2.24) is 0 Å². The van der Waals surface area contributed by atoms with Crippen molar-refractivity contribution in [2.24, 2.45) is 0 Å². The number of aliphatic hydroxyl groups is 1. The smallest absolute Gasteiger partial charge is 0.0581 e. The Labute approximate surface area is 111 Å². The van der Waals surface area contributed by atoms with Crippen molar-refractivity contribution in [3.05, 3.63) is 35.4 Å². The van der Waals surface area contributed by atoms with Crippen LogP contribution in [0.2, 0.25) is 0 Å². The Kier molecular flexibility index (Phi) is 5.83. The minimum atomic E-state index is -0.263. The first-order valence-corrected chi connectivity index (χ1v) is 6.70. The molecule has 1 atom stereocenters. The molecule has 0 spiro atoms. The first kappa shape index (κ1) is 15.2. The highest BCUT2D eigenvalue weighted by atomic mass is 16.5. The molecule has 1 unspecified atom stereocenters. The van der Waals surface area contributed by atoms with Gasteiger partial charge in [-0.3, -0.25) is 0 Å². The topological polar surface area (TPSA) is 29.5 Å². The minimum Gasteiger partial charge on any atom is -0.393 e. The predicted molar refractivity (Wildman–Crippen MR) is 76.0 cm³/mol. The summed E-state index contributed by atoms with van der Waals surface area (Å²) in [6.07, 6.45) is 2.18. The van der Waals surface area contributed by atoms with E-state index < -0.39 is 0 Å². The first-order valence-electron chi connectivity index (χ1n) is 6.70. The number of hydrogen-bond donors (Lipinski definition) is 1. The summed E-state index contributed by atoms with van der Waals surface area (Å²) in [7, 11) is 1.69. The van der Waals surface area contributed by atoms with Crippen LogP contribution in [-0.4, -0.2) is 24.9 Å². The molecule has 0 saturated heterocycles. The maximum atomic E-state index is 9.90. The molecule has 2 nitrogen and oxygen atoms in total. The Hall–Kier alpha value is -0.860. The molecular formula is C16H26O2. The molecule has 0 fully saturated rings. The summed E-state index contributed by atoms with van der Waals surface area (Å²) in [6.45, 7) is 7.35. The lowest BCUT2D eigenvalue weighted by molar-refractivity contribution is 0.135. The molecule has 0 heterocycles. The third-order valence-electron chi connectivity index (χ3n) is 3.18. The predicted octanol–water partition coefficient (Wildman–Crippen LogP) is 3.31. The fourth-order valence-corrected chi connectivity index (χ4v) is 1.98. The summed E-state index contributed by atoms with van der Waals surface area (Å²) in [6, 6.07) is 8.58. The number of methoxy groups -OCH3 is 1. The van der Waals surface area contributed by atoms with Gasteiger partial charge in [-0.05, 0) is 35.8 Å². The van der Waals surface area contributed by atoms with Gasteiger partial charge in [0.15, 0.2) is 0 Å². The average Bonchev–Trinajstić information content (AvgIpc) is 2.29. The molecule has 18 heavy (non-hydrogen) atoms. The third kappa shape index (κ3) is 5.19. The number of rotatable bonds is 6. The Morgan fingerprint density at radius 3 is 2.28 bits per heavy atom. The zero-order valence-electron chi connectivity index (χ0n) is 12.1. The molecule has 0 aliphatic carbocycles. The van der Waals surface area contributed by atoms with E-state index in [1.807, 2.05) is 0 Å². The number of aliphatic hydroxyl groups excluding tert-OH is 1. The number of benzene rings is 1. The highest BCUT2D eigenvalue weighted by Gasteiger charge is 2.13. The molecule has 0 aromatic heterocycles. The molecule has 0 bridgehead atoms. The van der Waals surface area contributed by atoms with Gasteiger partial charge in [-0.25, -0.2) is 0 Å². The van der Waals surface area contributed by atoms with Crippen LogP contribution >= 0.6 is 0 Å². The summed E-state index contributed by atoms with van der Waals surface area (Å²) in [5.41, 5.74) is 2.73. The normalized spacial score (nSPS) is 13.6. The monoisotopic (exact) mass is 250 g/mol. The SMILES string of the molecule is COCCCC(O)Cc1ccc(C(C)(C)C)cc1. The highest BCUT2D eigenvalue weighted by molar-refractivity contribution is 5.27. The number of hydrogen-bond acceptors (Lipinski definition) is 2. The van der Waals surface area contributed by atoms with Gasteiger partial charge in [0.1, 0.15) is 0 Å². The second-order valence-electron chi connectivity index (χ2n) is 5.94. The van der Waals surface area contributed by atoms with Gasteiger partial charge < -0.3 is 9.84 Å². The summed E-state index contributed by atoms with van der Waals surface area (Å²) in [5.74, 6) is 0. The van der Waals surface area contributed by atoms with Crippen molar-refractivity contribution < 1.29 is 9.84 Å². The van der Waals surface area contributed by atoms with E-state index in [0.717, 1.165) is 25.9 Å². The lowest BCUT2D eigenvalue weighted by Crippen LogP contribution is -2.13. The highest BCUT2D eigenvalue weighted by Crippen LogP contribution is 2.22.